The summed E-state index contributed by atoms with van der Waals surface area (Å²) in [6, 6.07) is 19.5. The average Bonchev–Trinajstić information content (AvgIpc) is 2.59. The summed E-state index contributed by atoms with van der Waals surface area (Å²) in [7, 11) is 0. The zero-order valence-electron chi connectivity index (χ0n) is 12.5. The predicted molar refractivity (Wildman–Crippen MR) is 97.5 cm³/mol. The number of benzene rings is 2. The molecule has 2 N–H and O–H groups in total. The van der Waals surface area contributed by atoms with Gasteiger partial charge in [-0.3, -0.25) is 0 Å². The fraction of sp³-hybridized carbons (Fsp3) is 0.333. The van der Waals surface area contributed by atoms with Crippen molar-refractivity contribution in [1.29, 1.82) is 0 Å². The molecular weight excluding hydrogens is 312 g/mol. The normalized spacial score (nSPS) is 13.7. The molecule has 0 fully saturated rings. The van der Waals surface area contributed by atoms with Gasteiger partial charge in [0.15, 0.2) is 0 Å². The van der Waals surface area contributed by atoms with Gasteiger partial charge in [-0.05, 0) is 11.1 Å². The SMILES string of the molecule is OC(CSCCSCC(O)c1ccccc1)c1ccccc1. The minimum Gasteiger partial charge on any atom is -0.388 e. The van der Waals surface area contributed by atoms with E-state index >= 15 is 0 Å². The summed E-state index contributed by atoms with van der Waals surface area (Å²) >= 11 is 3.50. The van der Waals surface area contributed by atoms with Crippen molar-refractivity contribution in [3.05, 3.63) is 71.8 Å². The highest BCUT2D eigenvalue weighted by atomic mass is 32.2. The van der Waals surface area contributed by atoms with Crippen LogP contribution in [0.15, 0.2) is 60.7 Å². The van der Waals surface area contributed by atoms with Gasteiger partial charge in [0, 0.05) is 23.0 Å². The van der Waals surface area contributed by atoms with E-state index in [0.29, 0.717) is 11.5 Å². The molecule has 0 aromatic heterocycles. The molecule has 0 bridgehead atoms. The van der Waals surface area contributed by atoms with E-state index in [1.54, 1.807) is 23.5 Å². The van der Waals surface area contributed by atoms with Gasteiger partial charge in [0.1, 0.15) is 0 Å². The number of rotatable bonds is 9. The highest BCUT2D eigenvalue weighted by Crippen LogP contribution is 2.21. The third-order valence-corrected chi connectivity index (χ3v) is 5.64. The summed E-state index contributed by atoms with van der Waals surface area (Å²) in [4.78, 5) is 0. The van der Waals surface area contributed by atoms with Gasteiger partial charge < -0.3 is 10.2 Å². The van der Waals surface area contributed by atoms with Crippen LogP contribution < -0.4 is 0 Å². The molecule has 0 aliphatic rings. The maximum absolute atomic E-state index is 10.0. The third-order valence-electron chi connectivity index (χ3n) is 3.29. The monoisotopic (exact) mass is 334 g/mol. The molecule has 2 atom stereocenters. The van der Waals surface area contributed by atoms with Gasteiger partial charge in [-0.2, -0.15) is 23.5 Å². The molecular formula is C18H22O2S2. The highest BCUT2D eigenvalue weighted by Gasteiger charge is 2.08. The molecule has 22 heavy (non-hydrogen) atoms. The number of hydrogen-bond acceptors (Lipinski definition) is 4. The minimum atomic E-state index is -0.397. The zero-order chi connectivity index (χ0) is 15.6. The van der Waals surface area contributed by atoms with Crippen molar-refractivity contribution in [2.24, 2.45) is 0 Å². The Bertz CT molecular complexity index is 470. The number of aliphatic hydroxyl groups excluding tert-OH is 2. The van der Waals surface area contributed by atoms with Crippen LogP contribution in [0.4, 0.5) is 0 Å². The lowest BCUT2D eigenvalue weighted by molar-refractivity contribution is 0.203. The van der Waals surface area contributed by atoms with Crippen LogP contribution in [0.5, 0.6) is 0 Å². The van der Waals surface area contributed by atoms with E-state index in [9.17, 15) is 10.2 Å². The Kier molecular flexibility index (Phi) is 7.88. The standard InChI is InChI=1S/C18H22O2S2/c19-17(15-7-3-1-4-8-15)13-21-11-12-22-14-18(20)16-9-5-2-6-10-16/h1-10,17-20H,11-14H2. The van der Waals surface area contributed by atoms with Crippen molar-refractivity contribution >= 4 is 23.5 Å². The van der Waals surface area contributed by atoms with Gasteiger partial charge in [0.25, 0.3) is 0 Å². The molecule has 4 heteroatoms. The maximum atomic E-state index is 10.0. The van der Waals surface area contributed by atoms with E-state index in [-0.39, 0.29) is 0 Å². The fourth-order valence-corrected chi connectivity index (χ4v) is 4.16. The Morgan fingerprint density at radius 3 is 1.36 bits per heavy atom. The molecule has 0 amide bonds. The summed E-state index contributed by atoms with van der Waals surface area (Å²) < 4.78 is 0. The van der Waals surface area contributed by atoms with Crippen LogP contribution in [-0.2, 0) is 0 Å². The molecule has 2 nitrogen and oxygen atoms in total. The van der Waals surface area contributed by atoms with E-state index in [1.165, 1.54) is 0 Å². The quantitative estimate of drug-likeness (QED) is 0.682. The summed E-state index contributed by atoms with van der Waals surface area (Å²) in [5.41, 5.74) is 1.95. The molecule has 0 radical (unpaired) electrons. The Morgan fingerprint density at radius 2 is 1.00 bits per heavy atom. The van der Waals surface area contributed by atoms with Gasteiger partial charge >= 0.3 is 0 Å². The Morgan fingerprint density at radius 1 is 0.636 bits per heavy atom. The average molecular weight is 335 g/mol. The van der Waals surface area contributed by atoms with Crippen molar-refractivity contribution in [3.63, 3.8) is 0 Å². The zero-order valence-corrected chi connectivity index (χ0v) is 14.1. The second-order valence-electron chi connectivity index (χ2n) is 5.00. The summed E-state index contributed by atoms with van der Waals surface area (Å²) in [5.74, 6) is 3.39. The lowest BCUT2D eigenvalue weighted by atomic mass is 10.1. The first kappa shape index (κ1) is 17.4. The maximum Gasteiger partial charge on any atom is 0.0880 e. The second-order valence-corrected chi connectivity index (χ2v) is 7.30. The molecule has 2 unspecified atom stereocenters. The van der Waals surface area contributed by atoms with E-state index in [0.717, 1.165) is 22.6 Å². The number of thioether (sulfide) groups is 2. The van der Waals surface area contributed by atoms with Crippen LogP contribution >= 0.6 is 23.5 Å². The molecule has 2 aromatic rings. The van der Waals surface area contributed by atoms with E-state index in [4.69, 9.17) is 0 Å². The Labute approximate surface area is 141 Å². The summed E-state index contributed by atoms with van der Waals surface area (Å²) in [6.45, 7) is 0. The molecule has 0 aliphatic carbocycles. The first-order chi connectivity index (χ1) is 10.8. The predicted octanol–water partition coefficient (Wildman–Crippen LogP) is 3.92. The lowest BCUT2D eigenvalue weighted by Gasteiger charge is -2.12. The van der Waals surface area contributed by atoms with Crippen molar-refractivity contribution < 1.29 is 10.2 Å². The van der Waals surface area contributed by atoms with Crippen LogP contribution in [0.25, 0.3) is 0 Å². The van der Waals surface area contributed by atoms with E-state index < -0.39 is 12.2 Å². The first-order valence-corrected chi connectivity index (χ1v) is 9.70. The van der Waals surface area contributed by atoms with Crippen molar-refractivity contribution in [1.82, 2.24) is 0 Å². The molecule has 0 heterocycles. The smallest absolute Gasteiger partial charge is 0.0880 e. The molecule has 118 valence electrons. The molecule has 0 aliphatic heterocycles. The largest absolute Gasteiger partial charge is 0.388 e. The van der Waals surface area contributed by atoms with E-state index in [2.05, 4.69) is 0 Å². The van der Waals surface area contributed by atoms with Crippen LogP contribution in [-0.4, -0.2) is 33.2 Å². The van der Waals surface area contributed by atoms with Crippen LogP contribution in [0.1, 0.15) is 23.3 Å². The van der Waals surface area contributed by atoms with Crippen molar-refractivity contribution in [2.75, 3.05) is 23.0 Å². The van der Waals surface area contributed by atoms with Crippen LogP contribution in [0.3, 0.4) is 0 Å². The summed E-state index contributed by atoms with van der Waals surface area (Å²) in [5, 5.41) is 20.1. The van der Waals surface area contributed by atoms with Gasteiger partial charge in [0.2, 0.25) is 0 Å². The molecule has 0 saturated carbocycles. The van der Waals surface area contributed by atoms with E-state index in [1.807, 2.05) is 60.7 Å². The Hall–Kier alpha value is -0.940. The molecule has 2 rings (SSSR count). The minimum absolute atomic E-state index is 0.397. The third kappa shape index (κ3) is 6.05. The molecule has 0 saturated heterocycles. The number of hydrogen-bond donors (Lipinski definition) is 2. The van der Waals surface area contributed by atoms with Gasteiger partial charge in [-0.1, -0.05) is 60.7 Å². The molecule has 2 aromatic carbocycles. The first-order valence-electron chi connectivity index (χ1n) is 7.39. The Balaban J connectivity index is 1.56. The fourth-order valence-electron chi connectivity index (χ4n) is 2.05. The second kappa shape index (κ2) is 9.95. The highest BCUT2D eigenvalue weighted by molar-refractivity contribution is 8.02. The van der Waals surface area contributed by atoms with Crippen molar-refractivity contribution in [3.8, 4) is 0 Å². The van der Waals surface area contributed by atoms with Gasteiger partial charge in [-0.15, -0.1) is 0 Å². The summed E-state index contributed by atoms with van der Waals surface area (Å²) in [6.07, 6.45) is -0.794. The van der Waals surface area contributed by atoms with Crippen molar-refractivity contribution in [2.45, 2.75) is 12.2 Å². The van der Waals surface area contributed by atoms with Gasteiger partial charge in [-0.25, -0.2) is 0 Å². The van der Waals surface area contributed by atoms with Crippen LogP contribution in [0.2, 0.25) is 0 Å². The van der Waals surface area contributed by atoms with Gasteiger partial charge in [0.05, 0.1) is 12.2 Å². The van der Waals surface area contributed by atoms with Crippen LogP contribution in [0, 0.1) is 0 Å². The number of aliphatic hydroxyl groups is 2. The lowest BCUT2D eigenvalue weighted by Crippen LogP contribution is -2.03. The topological polar surface area (TPSA) is 40.5 Å². The molecule has 0 spiro atoms.